The van der Waals surface area contributed by atoms with Crippen LogP contribution in [0.2, 0.25) is 0 Å². The molecule has 88 valence electrons. The van der Waals surface area contributed by atoms with Crippen molar-refractivity contribution < 1.29 is 9.90 Å². The number of carboxylic acid groups (broad SMARTS) is 1. The molecule has 0 radical (unpaired) electrons. The van der Waals surface area contributed by atoms with Crippen LogP contribution in [-0.2, 0) is 18.4 Å². The van der Waals surface area contributed by atoms with Gasteiger partial charge in [-0.3, -0.25) is 9.69 Å². The van der Waals surface area contributed by atoms with Gasteiger partial charge in [0.05, 0.1) is 12.5 Å². The maximum Gasteiger partial charge on any atom is 0.307 e. The average Bonchev–Trinajstić information content (AvgIpc) is 2.65. The minimum Gasteiger partial charge on any atom is -0.481 e. The van der Waals surface area contributed by atoms with Crippen molar-refractivity contribution in [3.63, 3.8) is 0 Å². The lowest BCUT2D eigenvalue weighted by Crippen LogP contribution is -2.38. The molecule has 0 amide bonds. The lowest BCUT2D eigenvalue weighted by molar-refractivity contribution is -0.143. The van der Waals surface area contributed by atoms with E-state index in [1.54, 1.807) is 6.33 Å². The average molecular weight is 224 g/mol. The summed E-state index contributed by atoms with van der Waals surface area (Å²) in [5, 5.41) is 16.8. The third-order valence-electron chi connectivity index (χ3n) is 3.02. The maximum atomic E-state index is 10.9. The molecule has 1 aliphatic heterocycles. The highest BCUT2D eigenvalue weighted by Gasteiger charge is 2.25. The monoisotopic (exact) mass is 224 g/mol. The summed E-state index contributed by atoms with van der Waals surface area (Å²) in [6, 6.07) is 0. The minimum absolute atomic E-state index is 0.234. The first kappa shape index (κ1) is 11.1. The van der Waals surface area contributed by atoms with Crippen molar-refractivity contribution in [3.8, 4) is 0 Å². The van der Waals surface area contributed by atoms with Crippen LogP contribution in [0.1, 0.15) is 18.7 Å². The number of aryl methyl sites for hydroxylation is 1. The Bertz CT molecular complexity index is 377. The molecule has 0 saturated carbocycles. The van der Waals surface area contributed by atoms with Crippen molar-refractivity contribution in [3.05, 3.63) is 12.2 Å². The van der Waals surface area contributed by atoms with Crippen molar-refractivity contribution in [1.82, 2.24) is 19.7 Å². The number of hydrogen-bond donors (Lipinski definition) is 1. The van der Waals surface area contributed by atoms with E-state index in [2.05, 4.69) is 15.1 Å². The van der Waals surface area contributed by atoms with Crippen LogP contribution in [0.15, 0.2) is 6.33 Å². The molecule has 16 heavy (non-hydrogen) atoms. The van der Waals surface area contributed by atoms with Crippen LogP contribution in [0.5, 0.6) is 0 Å². The topological polar surface area (TPSA) is 71.2 Å². The summed E-state index contributed by atoms with van der Waals surface area (Å²) < 4.78 is 1.87. The van der Waals surface area contributed by atoms with Crippen LogP contribution in [0.3, 0.4) is 0 Å². The van der Waals surface area contributed by atoms with Gasteiger partial charge in [0.15, 0.2) is 0 Å². The first-order chi connectivity index (χ1) is 7.66. The van der Waals surface area contributed by atoms with E-state index >= 15 is 0 Å². The summed E-state index contributed by atoms with van der Waals surface area (Å²) in [5.74, 6) is -0.0457. The highest BCUT2D eigenvalue weighted by molar-refractivity contribution is 5.70. The number of rotatable bonds is 3. The Hall–Kier alpha value is -1.43. The Labute approximate surface area is 93.9 Å². The molecule has 0 unspecified atom stereocenters. The van der Waals surface area contributed by atoms with E-state index in [1.807, 2.05) is 11.6 Å². The molecule has 1 aromatic rings. The van der Waals surface area contributed by atoms with Gasteiger partial charge in [-0.05, 0) is 19.4 Å². The van der Waals surface area contributed by atoms with Crippen molar-refractivity contribution in [1.29, 1.82) is 0 Å². The van der Waals surface area contributed by atoms with Crippen LogP contribution in [0.4, 0.5) is 0 Å². The van der Waals surface area contributed by atoms with Crippen LogP contribution < -0.4 is 0 Å². The van der Waals surface area contributed by atoms with Gasteiger partial charge in [0.1, 0.15) is 12.2 Å². The van der Waals surface area contributed by atoms with E-state index in [-0.39, 0.29) is 5.92 Å². The molecule has 2 heterocycles. The molecular formula is C10H16N4O2. The van der Waals surface area contributed by atoms with Gasteiger partial charge in [-0.25, -0.2) is 0 Å². The van der Waals surface area contributed by atoms with Crippen molar-refractivity contribution >= 4 is 5.97 Å². The second-order valence-corrected chi connectivity index (χ2v) is 4.27. The molecule has 1 aromatic heterocycles. The summed E-state index contributed by atoms with van der Waals surface area (Å²) >= 11 is 0. The van der Waals surface area contributed by atoms with Crippen LogP contribution in [0.25, 0.3) is 0 Å². The van der Waals surface area contributed by atoms with E-state index in [9.17, 15) is 4.79 Å². The molecule has 1 saturated heterocycles. The second-order valence-electron chi connectivity index (χ2n) is 4.27. The number of carbonyl (C=O) groups is 1. The van der Waals surface area contributed by atoms with Gasteiger partial charge < -0.3 is 9.67 Å². The number of carboxylic acids is 1. The molecule has 0 bridgehead atoms. The van der Waals surface area contributed by atoms with E-state index < -0.39 is 5.97 Å². The predicted molar refractivity (Wildman–Crippen MR) is 56.6 cm³/mol. The van der Waals surface area contributed by atoms with Gasteiger partial charge in [0.25, 0.3) is 0 Å². The zero-order valence-electron chi connectivity index (χ0n) is 9.33. The summed E-state index contributed by atoms with van der Waals surface area (Å²) in [4.78, 5) is 13.0. The molecule has 1 fully saturated rings. The first-order valence-corrected chi connectivity index (χ1v) is 5.45. The molecule has 0 aliphatic carbocycles. The van der Waals surface area contributed by atoms with Gasteiger partial charge in [-0.2, -0.15) is 0 Å². The van der Waals surface area contributed by atoms with Crippen LogP contribution in [0, 0.1) is 5.92 Å². The van der Waals surface area contributed by atoms with E-state index in [4.69, 9.17) is 5.11 Å². The predicted octanol–water partition coefficient (Wildman–Crippen LogP) is 0.112. The zero-order chi connectivity index (χ0) is 11.5. The maximum absolute atomic E-state index is 10.9. The SMILES string of the molecule is Cn1cnnc1CN1CCC[C@@H](C(=O)O)C1. The van der Waals surface area contributed by atoms with Gasteiger partial charge in [-0.1, -0.05) is 0 Å². The fourth-order valence-electron chi connectivity index (χ4n) is 2.05. The summed E-state index contributed by atoms with van der Waals surface area (Å²) in [6.07, 6.45) is 3.38. The fraction of sp³-hybridized carbons (Fsp3) is 0.700. The number of aliphatic carboxylic acids is 1. The van der Waals surface area contributed by atoms with Crippen molar-refractivity contribution in [2.24, 2.45) is 13.0 Å². The molecule has 1 atom stereocenters. The van der Waals surface area contributed by atoms with E-state index in [0.29, 0.717) is 13.1 Å². The summed E-state index contributed by atoms with van der Waals surface area (Å²) in [5.41, 5.74) is 0. The quantitative estimate of drug-likeness (QED) is 0.789. The van der Waals surface area contributed by atoms with Crippen molar-refractivity contribution in [2.75, 3.05) is 13.1 Å². The van der Waals surface area contributed by atoms with Gasteiger partial charge in [-0.15, -0.1) is 10.2 Å². The number of aromatic nitrogens is 3. The van der Waals surface area contributed by atoms with Gasteiger partial charge in [0, 0.05) is 13.6 Å². The summed E-state index contributed by atoms with van der Waals surface area (Å²) in [7, 11) is 1.90. The van der Waals surface area contributed by atoms with Gasteiger partial charge in [0.2, 0.25) is 0 Å². The third kappa shape index (κ3) is 2.38. The molecule has 1 aliphatic rings. The lowest BCUT2D eigenvalue weighted by Gasteiger charge is -2.29. The lowest BCUT2D eigenvalue weighted by atomic mass is 9.98. The zero-order valence-corrected chi connectivity index (χ0v) is 9.33. The number of piperidine rings is 1. The van der Waals surface area contributed by atoms with E-state index in [0.717, 1.165) is 25.2 Å². The molecule has 2 rings (SSSR count). The molecule has 1 N–H and O–H groups in total. The molecule has 0 spiro atoms. The highest BCUT2D eigenvalue weighted by Crippen LogP contribution is 2.17. The third-order valence-corrected chi connectivity index (χ3v) is 3.02. The standard InChI is InChI=1S/C10H16N4O2/c1-13-7-11-12-9(13)6-14-4-2-3-8(5-14)10(15)16/h7-8H,2-6H2,1H3,(H,15,16)/t8-/m1/s1. The number of nitrogens with zero attached hydrogens (tertiary/aromatic N) is 4. The Morgan fingerprint density at radius 2 is 2.50 bits per heavy atom. The fourth-order valence-corrected chi connectivity index (χ4v) is 2.05. The molecule has 6 heteroatoms. The smallest absolute Gasteiger partial charge is 0.307 e. The molecule has 6 nitrogen and oxygen atoms in total. The molecular weight excluding hydrogens is 208 g/mol. The van der Waals surface area contributed by atoms with Crippen molar-refractivity contribution in [2.45, 2.75) is 19.4 Å². The largest absolute Gasteiger partial charge is 0.481 e. The van der Waals surface area contributed by atoms with Crippen LogP contribution in [-0.4, -0.2) is 43.8 Å². The van der Waals surface area contributed by atoms with Gasteiger partial charge >= 0.3 is 5.97 Å². The highest BCUT2D eigenvalue weighted by atomic mass is 16.4. The van der Waals surface area contributed by atoms with E-state index in [1.165, 1.54) is 0 Å². The Morgan fingerprint density at radius 3 is 3.12 bits per heavy atom. The van der Waals surface area contributed by atoms with Crippen LogP contribution >= 0.6 is 0 Å². The Kier molecular flexibility index (Phi) is 3.19. The number of hydrogen-bond acceptors (Lipinski definition) is 4. The Balaban J connectivity index is 1.95. The number of likely N-dealkylation sites (tertiary alicyclic amines) is 1. The summed E-state index contributed by atoms with van der Waals surface area (Å²) in [6.45, 7) is 2.24. The normalized spacial score (nSPS) is 22.2. The Morgan fingerprint density at radius 1 is 1.69 bits per heavy atom. The molecule has 0 aromatic carbocycles. The second kappa shape index (κ2) is 4.61. The minimum atomic E-state index is -0.692. The first-order valence-electron chi connectivity index (χ1n) is 5.45.